The second-order valence-corrected chi connectivity index (χ2v) is 8.81. The van der Waals surface area contributed by atoms with Gasteiger partial charge in [-0.25, -0.2) is 0 Å². The lowest BCUT2D eigenvalue weighted by atomic mass is 10.0. The average molecular weight is 537 g/mol. The maximum absolute atomic E-state index is 5.84. The van der Waals surface area contributed by atoms with Crippen LogP contribution in [0.4, 0.5) is 0 Å². The van der Waals surface area contributed by atoms with Crippen molar-refractivity contribution in [3.05, 3.63) is 5.82 Å². The second-order valence-electron chi connectivity index (χ2n) is 8.04. The Kier molecular flexibility index (Phi) is 10.5. The number of hydrogen-bond donors (Lipinski definition) is 2. The highest BCUT2D eigenvalue weighted by Crippen LogP contribution is 2.33. The van der Waals surface area contributed by atoms with Gasteiger partial charge in [0, 0.05) is 32.2 Å². The third-order valence-corrected chi connectivity index (χ3v) is 6.34. The lowest BCUT2D eigenvalue weighted by Gasteiger charge is -2.21. The van der Waals surface area contributed by atoms with Gasteiger partial charge in [-0.1, -0.05) is 24.6 Å². The lowest BCUT2D eigenvalue weighted by molar-refractivity contribution is 0.0283. The highest BCUT2D eigenvalue weighted by Gasteiger charge is 2.29. The molecule has 1 aliphatic heterocycles. The SMILES string of the molecule is CCNC(=NCC1(C)CCCO1)NCCCc1nnc(SC)n1C1CCCC1.I. The van der Waals surface area contributed by atoms with Gasteiger partial charge in [-0.15, -0.1) is 34.2 Å². The first kappa shape index (κ1) is 24.7. The molecular formula is C20H37IN6OS. The summed E-state index contributed by atoms with van der Waals surface area (Å²) in [6.45, 7) is 7.54. The van der Waals surface area contributed by atoms with Gasteiger partial charge in [0.1, 0.15) is 5.82 Å². The smallest absolute Gasteiger partial charge is 0.191 e. The summed E-state index contributed by atoms with van der Waals surface area (Å²) < 4.78 is 8.24. The van der Waals surface area contributed by atoms with Crippen molar-refractivity contribution in [2.24, 2.45) is 4.99 Å². The molecule has 7 nitrogen and oxygen atoms in total. The average Bonchev–Trinajstić information content (AvgIpc) is 3.43. The van der Waals surface area contributed by atoms with Gasteiger partial charge in [0.15, 0.2) is 11.1 Å². The molecule has 166 valence electrons. The van der Waals surface area contributed by atoms with Crippen molar-refractivity contribution in [1.29, 1.82) is 0 Å². The fourth-order valence-corrected chi connectivity index (χ4v) is 4.72. The van der Waals surface area contributed by atoms with Crippen LogP contribution in [0.15, 0.2) is 10.1 Å². The molecule has 3 rings (SSSR count). The first-order chi connectivity index (χ1) is 13.6. The first-order valence-electron chi connectivity index (χ1n) is 10.8. The quantitative estimate of drug-likeness (QED) is 0.165. The molecule has 2 N–H and O–H groups in total. The van der Waals surface area contributed by atoms with E-state index >= 15 is 0 Å². The Morgan fingerprint density at radius 1 is 1.28 bits per heavy atom. The number of aryl methyl sites for hydroxylation is 1. The van der Waals surface area contributed by atoms with Crippen LogP contribution in [0.3, 0.4) is 0 Å². The van der Waals surface area contributed by atoms with E-state index in [0.717, 1.165) is 62.3 Å². The van der Waals surface area contributed by atoms with E-state index in [0.29, 0.717) is 12.6 Å². The number of guanidine groups is 1. The molecule has 1 aromatic heterocycles. The number of hydrogen-bond acceptors (Lipinski definition) is 5. The van der Waals surface area contributed by atoms with Gasteiger partial charge in [0.05, 0.1) is 12.1 Å². The number of ether oxygens (including phenoxy) is 1. The third kappa shape index (κ3) is 6.99. The van der Waals surface area contributed by atoms with Gasteiger partial charge < -0.3 is 19.9 Å². The third-order valence-electron chi connectivity index (χ3n) is 5.69. The van der Waals surface area contributed by atoms with Gasteiger partial charge in [0.2, 0.25) is 0 Å². The summed E-state index contributed by atoms with van der Waals surface area (Å²) in [5, 5.41) is 16.8. The minimum Gasteiger partial charge on any atom is -0.373 e. The molecule has 1 atom stereocenters. The van der Waals surface area contributed by atoms with Crippen molar-refractivity contribution in [2.75, 3.05) is 32.5 Å². The monoisotopic (exact) mass is 536 g/mol. The molecule has 29 heavy (non-hydrogen) atoms. The van der Waals surface area contributed by atoms with E-state index in [1.165, 1.54) is 25.7 Å². The van der Waals surface area contributed by atoms with Crippen molar-refractivity contribution in [2.45, 2.75) is 82.0 Å². The van der Waals surface area contributed by atoms with E-state index in [2.05, 4.69) is 45.5 Å². The van der Waals surface area contributed by atoms with Crippen LogP contribution in [-0.2, 0) is 11.2 Å². The van der Waals surface area contributed by atoms with Gasteiger partial charge in [-0.3, -0.25) is 4.99 Å². The largest absolute Gasteiger partial charge is 0.373 e. The highest BCUT2D eigenvalue weighted by molar-refractivity contribution is 14.0. The van der Waals surface area contributed by atoms with E-state index in [9.17, 15) is 0 Å². The van der Waals surface area contributed by atoms with Crippen LogP contribution >= 0.6 is 35.7 Å². The number of aromatic nitrogens is 3. The summed E-state index contributed by atoms with van der Waals surface area (Å²) in [4.78, 5) is 4.74. The number of rotatable bonds is 9. The highest BCUT2D eigenvalue weighted by atomic mass is 127. The van der Waals surface area contributed by atoms with Crippen LogP contribution in [-0.4, -0.2) is 58.8 Å². The van der Waals surface area contributed by atoms with Crippen molar-refractivity contribution in [3.8, 4) is 0 Å². The van der Waals surface area contributed by atoms with Crippen molar-refractivity contribution in [1.82, 2.24) is 25.4 Å². The first-order valence-corrected chi connectivity index (χ1v) is 12.0. The van der Waals surface area contributed by atoms with Crippen LogP contribution in [0.2, 0.25) is 0 Å². The molecule has 0 amide bonds. The molecule has 1 aromatic rings. The maximum Gasteiger partial charge on any atom is 0.191 e. The Morgan fingerprint density at radius 3 is 2.72 bits per heavy atom. The minimum absolute atomic E-state index is 0. The van der Waals surface area contributed by atoms with Gasteiger partial charge >= 0.3 is 0 Å². The topological polar surface area (TPSA) is 76.4 Å². The predicted molar refractivity (Wildman–Crippen MR) is 131 cm³/mol. The number of nitrogens with one attached hydrogen (secondary N) is 2. The fraction of sp³-hybridized carbons (Fsp3) is 0.850. The summed E-state index contributed by atoms with van der Waals surface area (Å²) in [7, 11) is 0. The van der Waals surface area contributed by atoms with Crippen molar-refractivity contribution in [3.63, 3.8) is 0 Å². The molecule has 1 aliphatic carbocycles. The van der Waals surface area contributed by atoms with Gasteiger partial charge in [-0.05, 0) is 52.2 Å². The van der Waals surface area contributed by atoms with Crippen LogP contribution in [0, 0.1) is 0 Å². The molecule has 2 aliphatic rings. The number of halogens is 1. The number of thioether (sulfide) groups is 1. The molecule has 0 spiro atoms. The Morgan fingerprint density at radius 2 is 2.07 bits per heavy atom. The zero-order chi connectivity index (χ0) is 19.8. The van der Waals surface area contributed by atoms with E-state index < -0.39 is 0 Å². The zero-order valence-electron chi connectivity index (χ0n) is 18.1. The maximum atomic E-state index is 5.84. The van der Waals surface area contributed by atoms with Crippen LogP contribution < -0.4 is 10.6 Å². The van der Waals surface area contributed by atoms with Crippen LogP contribution in [0.25, 0.3) is 0 Å². The molecule has 0 bridgehead atoms. The molecule has 1 unspecified atom stereocenters. The van der Waals surface area contributed by atoms with Crippen LogP contribution in [0.5, 0.6) is 0 Å². The molecule has 0 radical (unpaired) electrons. The Hall–Kier alpha value is -0.550. The molecule has 2 heterocycles. The summed E-state index contributed by atoms with van der Waals surface area (Å²) in [5.41, 5.74) is -0.103. The minimum atomic E-state index is -0.103. The zero-order valence-corrected chi connectivity index (χ0v) is 21.2. The summed E-state index contributed by atoms with van der Waals surface area (Å²) in [5.74, 6) is 2.01. The predicted octanol–water partition coefficient (Wildman–Crippen LogP) is 3.79. The van der Waals surface area contributed by atoms with E-state index in [4.69, 9.17) is 9.73 Å². The second kappa shape index (κ2) is 12.3. The van der Waals surface area contributed by atoms with Gasteiger partial charge in [0.25, 0.3) is 0 Å². The van der Waals surface area contributed by atoms with Crippen molar-refractivity contribution >= 4 is 41.7 Å². The molecule has 2 fully saturated rings. The number of nitrogens with zero attached hydrogens (tertiary/aromatic N) is 4. The summed E-state index contributed by atoms with van der Waals surface area (Å²) in [6, 6.07) is 0.589. The van der Waals surface area contributed by atoms with Crippen LogP contribution in [0.1, 0.15) is 70.7 Å². The normalized spacial score (nSPS) is 22.7. The van der Waals surface area contributed by atoms with Gasteiger partial charge in [-0.2, -0.15) is 0 Å². The fourth-order valence-electron chi connectivity index (χ4n) is 4.15. The molecule has 1 saturated carbocycles. The Balaban J connectivity index is 0.00000300. The Bertz CT molecular complexity index is 641. The molecular weight excluding hydrogens is 499 g/mol. The number of aliphatic imine (C=N–C) groups is 1. The summed E-state index contributed by atoms with van der Waals surface area (Å²) in [6.07, 6.45) is 11.4. The van der Waals surface area contributed by atoms with Crippen molar-refractivity contribution < 1.29 is 4.74 Å². The molecule has 1 saturated heterocycles. The Labute approximate surface area is 196 Å². The lowest BCUT2D eigenvalue weighted by Crippen LogP contribution is -2.39. The van der Waals surface area contributed by atoms with E-state index in [1.54, 1.807) is 11.8 Å². The summed E-state index contributed by atoms with van der Waals surface area (Å²) >= 11 is 1.70. The van der Waals surface area contributed by atoms with E-state index in [-0.39, 0.29) is 29.6 Å². The molecule has 0 aromatic carbocycles. The van der Waals surface area contributed by atoms with E-state index in [1.807, 2.05) is 0 Å². The molecule has 9 heteroatoms. The standard InChI is InChI=1S/C20H36N6OS.HI/c1-4-21-18(23-15-20(2)12-8-14-27-20)22-13-7-11-17-24-25-19(28-3)26(17)16-9-5-6-10-16;/h16H,4-15H2,1-3H3,(H2,21,22,23);1H.